The van der Waals surface area contributed by atoms with Crippen LogP contribution < -0.4 is 0 Å². The van der Waals surface area contributed by atoms with Gasteiger partial charge in [-0.1, -0.05) is 30.3 Å². The number of pyridine rings is 1. The first-order valence-electron chi connectivity index (χ1n) is 10.3. The van der Waals surface area contributed by atoms with E-state index >= 15 is 0 Å². The number of hydrogen-bond donors (Lipinski definition) is 0. The van der Waals surface area contributed by atoms with Gasteiger partial charge in [0.05, 0.1) is 26.4 Å². The van der Waals surface area contributed by atoms with Crippen LogP contribution in [-0.2, 0) is 22.7 Å². The lowest BCUT2D eigenvalue weighted by atomic mass is 10.0. The first-order valence-corrected chi connectivity index (χ1v) is 10.8. The Morgan fingerprint density at radius 1 is 1.00 bits per heavy atom. The maximum Gasteiger partial charge on any atom is 0.199 e. The monoisotopic (exact) mass is 423 g/mol. The van der Waals surface area contributed by atoms with E-state index in [1.165, 1.54) is 5.56 Å². The maximum absolute atomic E-state index is 5.85. The van der Waals surface area contributed by atoms with Crippen molar-refractivity contribution in [2.24, 2.45) is 0 Å². The van der Waals surface area contributed by atoms with E-state index in [9.17, 15) is 0 Å². The Balaban J connectivity index is 1.41. The zero-order chi connectivity index (χ0) is 20.4. The highest BCUT2D eigenvalue weighted by molar-refractivity contribution is 7.71. The van der Waals surface area contributed by atoms with E-state index in [0.29, 0.717) is 31.2 Å². The predicted octanol–water partition coefficient (Wildman–Crippen LogP) is 3.32. The molecule has 0 radical (unpaired) electrons. The van der Waals surface area contributed by atoms with Crippen molar-refractivity contribution in [2.45, 2.75) is 31.8 Å². The van der Waals surface area contributed by atoms with Gasteiger partial charge in [-0.3, -0.25) is 14.5 Å². The highest BCUT2D eigenvalue weighted by Crippen LogP contribution is 2.31. The third-order valence-electron chi connectivity index (χ3n) is 5.79. The number of piperidine rings is 1. The lowest BCUT2D eigenvalue weighted by Gasteiger charge is -2.37. The molecular weight excluding hydrogens is 398 g/mol. The lowest BCUT2D eigenvalue weighted by Crippen LogP contribution is -2.45. The van der Waals surface area contributed by atoms with Crippen molar-refractivity contribution in [2.75, 3.05) is 26.3 Å². The van der Waals surface area contributed by atoms with E-state index in [4.69, 9.17) is 26.8 Å². The second kappa shape index (κ2) is 8.39. The topological polar surface area (TPSA) is 57.3 Å². The fraction of sp³-hybridized carbons (Fsp3) is 0.409. The molecule has 2 aliphatic rings. The molecule has 30 heavy (non-hydrogen) atoms. The summed E-state index contributed by atoms with van der Waals surface area (Å²) in [6, 6.07) is 14.3. The quantitative estimate of drug-likeness (QED) is 0.587. The molecule has 2 aliphatic heterocycles. The Hall–Kier alpha value is -2.39. The number of aromatic nitrogens is 4. The molecular formula is C22H25N5O2S. The van der Waals surface area contributed by atoms with Gasteiger partial charge in [0, 0.05) is 43.9 Å². The maximum atomic E-state index is 5.85. The third-order valence-corrected chi connectivity index (χ3v) is 6.22. The van der Waals surface area contributed by atoms with Crippen LogP contribution in [-0.4, -0.2) is 56.3 Å². The summed E-state index contributed by atoms with van der Waals surface area (Å²) in [6.07, 6.45) is 5.36. The molecule has 1 spiro atoms. The molecule has 0 saturated carbocycles. The molecule has 7 nitrogen and oxygen atoms in total. The van der Waals surface area contributed by atoms with Gasteiger partial charge in [-0.15, -0.1) is 0 Å². The molecule has 8 heteroatoms. The van der Waals surface area contributed by atoms with Crippen LogP contribution in [0.25, 0.3) is 11.4 Å². The molecule has 0 N–H and O–H groups in total. The van der Waals surface area contributed by atoms with E-state index < -0.39 is 0 Å². The number of benzene rings is 1. The summed E-state index contributed by atoms with van der Waals surface area (Å²) in [6.45, 7) is 4.52. The largest absolute Gasteiger partial charge is 0.347 e. The molecule has 0 atom stereocenters. The molecule has 2 fully saturated rings. The second-order valence-corrected chi connectivity index (χ2v) is 8.15. The lowest BCUT2D eigenvalue weighted by molar-refractivity contribution is -0.187. The summed E-state index contributed by atoms with van der Waals surface area (Å²) >= 11 is 5.85. The molecule has 0 bridgehead atoms. The van der Waals surface area contributed by atoms with Gasteiger partial charge in [-0.25, -0.2) is 4.68 Å². The zero-order valence-electron chi connectivity index (χ0n) is 16.8. The number of ether oxygens (including phenoxy) is 2. The van der Waals surface area contributed by atoms with Crippen LogP contribution >= 0.6 is 12.2 Å². The van der Waals surface area contributed by atoms with Crippen molar-refractivity contribution < 1.29 is 9.47 Å². The Bertz CT molecular complexity index is 1030. The van der Waals surface area contributed by atoms with Gasteiger partial charge in [-0.05, 0) is 29.9 Å². The minimum atomic E-state index is -0.370. The Morgan fingerprint density at radius 2 is 1.77 bits per heavy atom. The number of hydrogen-bond acceptors (Lipinski definition) is 6. The van der Waals surface area contributed by atoms with E-state index in [0.717, 1.165) is 37.3 Å². The van der Waals surface area contributed by atoms with Gasteiger partial charge in [0.1, 0.15) is 0 Å². The highest BCUT2D eigenvalue weighted by atomic mass is 32.1. The van der Waals surface area contributed by atoms with E-state index in [1.807, 2.05) is 41.2 Å². The Kier molecular flexibility index (Phi) is 5.47. The SMILES string of the molecule is S=c1n(CN2CCC3(CC2)OCCO3)nc(-c2cccnc2)n1Cc1ccccc1. The average molecular weight is 424 g/mol. The second-order valence-electron chi connectivity index (χ2n) is 7.79. The van der Waals surface area contributed by atoms with Gasteiger partial charge in [0.2, 0.25) is 0 Å². The minimum Gasteiger partial charge on any atom is -0.347 e. The summed E-state index contributed by atoms with van der Waals surface area (Å²) in [7, 11) is 0. The molecule has 3 aromatic rings. The van der Waals surface area contributed by atoms with Crippen LogP contribution in [0.2, 0.25) is 0 Å². The standard InChI is InChI=1S/C22H25N5O2S/c30-21-26(16-18-5-2-1-3-6-18)20(19-7-4-10-23-15-19)24-27(21)17-25-11-8-22(9-12-25)28-13-14-29-22/h1-7,10,15H,8-9,11-14,16-17H2. The fourth-order valence-corrected chi connectivity index (χ4v) is 4.41. The molecule has 0 aliphatic carbocycles. The summed E-state index contributed by atoms with van der Waals surface area (Å²) in [5.74, 6) is 0.471. The van der Waals surface area contributed by atoms with Gasteiger partial charge in [0.15, 0.2) is 16.4 Å². The van der Waals surface area contributed by atoms with Crippen molar-refractivity contribution in [3.63, 3.8) is 0 Å². The van der Waals surface area contributed by atoms with Crippen LogP contribution in [0, 0.1) is 4.77 Å². The molecule has 0 amide bonds. The Morgan fingerprint density at radius 3 is 2.47 bits per heavy atom. The fourth-order valence-electron chi connectivity index (χ4n) is 4.16. The third kappa shape index (κ3) is 3.96. The molecule has 2 saturated heterocycles. The predicted molar refractivity (Wildman–Crippen MR) is 115 cm³/mol. The van der Waals surface area contributed by atoms with Crippen LogP contribution in [0.4, 0.5) is 0 Å². The molecule has 0 unspecified atom stereocenters. The summed E-state index contributed by atoms with van der Waals surface area (Å²) in [5, 5.41) is 4.89. The van der Waals surface area contributed by atoms with Crippen molar-refractivity contribution >= 4 is 12.2 Å². The summed E-state index contributed by atoms with van der Waals surface area (Å²) in [5.41, 5.74) is 2.15. The highest BCUT2D eigenvalue weighted by Gasteiger charge is 2.39. The van der Waals surface area contributed by atoms with Crippen molar-refractivity contribution in [1.29, 1.82) is 0 Å². The van der Waals surface area contributed by atoms with E-state index in [2.05, 4.69) is 26.6 Å². The number of likely N-dealkylation sites (tertiary alicyclic amines) is 1. The van der Waals surface area contributed by atoms with Gasteiger partial charge in [-0.2, -0.15) is 5.10 Å². The van der Waals surface area contributed by atoms with E-state index in [-0.39, 0.29) is 5.79 Å². The Labute approximate surface area is 180 Å². The van der Waals surface area contributed by atoms with Crippen LogP contribution in [0.15, 0.2) is 54.9 Å². The molecule has 2 aromatic heterocycles. The normalized spacial score (nSPS) is 18.8. The number of rotatable bonds is 5. The van der Waals surface area contributed by atoms with Crippen molar-refractivity contribution in [1.82, 2.24) is 24.2 Å². The average Bonchev–Trinajstić information content (AvgIpc) is 3.37. The first kappa shape index (κ1) is 19.6. The van der Waals surface area contributed by atoms with Crippen molar-refractivity contribution in [3.05, 3.63) is 65.2 Å². The van der Waals surface area contributed by atoms with Crippen molar-refractivity contribution in [3.8, 4) is 11.4 Å². The molecule has 5 rings (SSSR count). The van der Waals surface area contributed by atoms with Gasteiger partial charge >= 0.3 is 0 Å². The van der Waals surface area contributed by atoms with Gasteiger partial charge < -0.3 is 9.47 Å². The summed E-state index contributed by atoms with van der Waals surface area (Å²) < 4.78 is 16.4. The molecule has 1 aromatic carbocycles. The number of nitrogens with zero attached hydrogens (tertiary/aromatic N) is 5. The smallest absolute Gasteiger partial charge is 0.199 e. The minimum absolute atomic E-state index is 0.370. The summed E-state index contributed by atoms with van der Waals surface area (Å²) in [4.78, 5) is 6.63. The van der Waals surface area contributed by atoms with E-state index in [1.54, 1.807) is 6.20 Å². The van der Waals surface area contributed by atoms with Crippen LogP contribution in [0.5, 0.6) is 0 Å². The van der Waals surface area contributed by atoms with Gasteiger partial charge in [0.25, 0.3) is 0 Å². The first-order chi connectivity index (χ1) is 14.7. The molecule has 156 valence electrons. The zero-order valence-corrected chi connectivity index (χ0v) is 17.6. The van der Waals surface area contributed by atoms with Crippen LogP contribution in [0.3, 0.4) is 0 Å². The molecule has 4 heterocycles. The van der Waals surface area contributed by atoms with Crippen LogP contribution in [0.1, 0.15) is 18.4 Å².